The average molecular weight is 335 g/mol. The highest BCUT2D eigenvalue weighted by Gasteiger charge is 2.32. The van der Waals surface area contributed by atoms with Crippen molar-refractivity contribution in [2.45, 2.75) is 25.3 Å². The van der Waals surface area contributed by atoms with Gasteiger partial charge in [-0.05, 0) is 31.4 Å². The smallest absolute Gasteiger partial charge is 0.326 e. The van der Waals surface area contributed by atoms with E-state index in [1.54, 1.807) is 0 Å². The Bertz CT molecular complexity index is 560. The van der Waals surface area contributed by atoms with Gasteiger partial charge in [0.2, 0.25) is 0 Å². The highest BCUT2D eigenvalue weighted by Crippen LogP contribution is 2.28. The molecule has 2 amide bonds. The van der Waals surface area contributed by atoms with Crippen LogP contribution >= 0.6 is 23.2 Å². The van der Waals surface area contributed by atoms with Gasteiger partial charge < -0.3 is 15.3 Å². The third-order valence-corrected chi connectivity index (χ3v) is 3.83. The molecule has 0 aromatic heterocycles. The van der Waals surface area contributed by atoms with Gasteiger partial charge >= 0.3 is 12.0 Å². The fourth-order valence-electron chi connectivity index (χ4n) is 2.25. The fourth-order valence-corrected chi connectivity index (χ4v) is 2.74. The maximum atomic E-state index is 13.3. The largest absolute Gasteiger partial charge is 0.480 e. The summed E-state index contributed by atoms with van der Waals surface area (Å²) in [5.74, 6) is -1.81. The van der Waals surface area contributed by atoms with Crippen molar-refractivity contribution in [3.05, 3.63) is 28.0 Å². The van der Waals surface area contributed by atoms with Crippen molar-refractivity contribution in [3.8, 4) is 0 Å². The van der Waals surface area contributed by atoms with Crippen LogP contribution in [0, 0.1) is 5.82 Å². The van der Waals surface area contributed by atoms with E-state index < -0.39 is 23.9 Å². The first-order valence-corrected chi connectivity index (χ1v) is 7.10. The number of likely N-dealkylation sites (tertiary alicyclic amines) is 1. The van der Waals surface area contributed by atoms with Gasteiger partial charge in [-0.1, -0.05) is 23.2 Å². The number of halogens is 3. The van der Waals surface area contributed by atoms with Crippen molar-refractivity contribution in [3.63, 3.8) is 0 Å². The highest BCUT2D eigenvalue weighted by molar-refractivity contribution is 6.35. The van der Waals surface area contributed by atoms with Gasteiger partial charge in [0.1, 0.15) is 6.04 Å². The SMILES string of the molecule is O=C(O)C1CCCCN1C(=O)Nc1cc(Cl)c(F)c(Cl)c1. The van der Waals surface area contributed by atoms with Crippen molar-refractivity contribution in [2.24, 2.45) is 0 Å². The summed E-state index contributed by atoms with van der Waals surface area (Å²) in [5.41, 5.74) is 0.214. The number of carboxylic acids is 1. The zero-order chi connectivity index (χ0) is 15.6. The second-order valence-corrected chi connectivity index (χ2v) is 5.54. The minimum atomic E-state index is -1.04. The molecule has 1 aromatic rings. The van der Waals surface area contributed by atoms with E-state index in [1.165, 1.54) is 17.0 Å². The summed E-state index contributed by atoms with van der Waals surface area (Å²) in [6, 6.07) is 1.02. The molecule has 1 aromatic carbocycles. The summed E-state index contributed by atoms with van der Waals surface area (Å²) >= 11 is 11.3. The molecule has 1 heterocycles. The van der Waals surface area contributed by atoms with Gasteiger partial charge in [0.05, 0.1) is 10.0 Å². The van der Waals surface area contributed by atoms with E-state index in [0.717, 1.165) is 12.8 Å². The number of piperidine rings is 1. The van der Waals surface area contributed by atoms with Gasteiger partial charge in [-0.25, -0.2) is 14.0 Å². The normalized spacial score (nSPS) is 18.4. The Kier molecular flexibility index (Phi) is 4.90. The van der Waals surface area contributed by atoms with Gasteiger partial charge in [-0.2, -0.15) is 0 Å². The average Bonchev–Trinajstić information content (AvgIpc) is 2.44. The van der Waals surface area contributed by atoms with Crippen LogP contribution in [0.1, 0.15) is 19.3 Å². The number of carboxylic acid groups (broad SMARTS) is 1. The number of carbonyl (C=O) groups is 2. The first kappa shape index (κ1) is 15.9. The molecular formula is C13H13Cl2FN2O3. The van der Waals surface area contributed by atoms with Crippen LogP contribution in [0.15, 0.2) is 12.1 Å². The van der Waals surface area contributed by atoms with Gasteiger partial charge in [-0.3, -0.25) is 0 Å². The van der Waals surface area contributed by atoms with Crippen LogP contribution < -0.4 is 5.32 Å². The van der Waals surface area contributed by atoms with Crippen LogP contribution in [0.4, 0.5) is 14.9 Å². The molecule has 2 rings (SSSR count). The van der Waals surface area contributed by atoms with E-state index in [9.17, 15) is 14.0 Å². The second-order valence-electron chi connectivity index (χ2n) is 4.73. The lowest BCUT2D eigenvalue weighted by Gasteiger charge is -2.32. The number of nitrogens with one attached hydrogen (secondary N) is 1. The molecule has 8 heteroatoms. The van der Waals surface area contributed by atoms with Crippen molar-refractivity contribution in [1.29, 1.82) is 0 Å². The van der Waals surface area contributed by atoms with Crippen LogP contribution in [0.25, 0.3) is 0 Å². The number of aliphatic carboxylic acids is 1. The van der Waals surface area contributed by atoms with E-state index in [0.29, 0.717) is 13.0 Å². The third-order valence-electron chi connectivity index (χ3n) is 3.28. The third kappa shape index (κ3) is 3.57. The lowest BCUT2D eigenvalue weighted by atomic mass is 10.0. The zero-order valence-corrected chi connectivity index (χ0v) is 12.4. The Morgan fingerprint density at radius 3 is 2.48 bits per heavy atom. The van der Waals surface area contributed by atoms with Crippen molar-refractivity contribution < 1.29 is 19.1 Å². The molecule has 114 valence electrons. The number of amides is 2. The zero-order valence-electron chi connectivity index (χ0n) is 10.9. The topological polar surface area (TPSA) is 69.6 Å². The Labute approximate surface area is 130 Å². The number of rotatable bonds is 2. The van der Waals surface area contributed by atoms with E-state index in [-0.39, 0.29) is 15.7 Å². The number of hydrogen-bond donors (Lipinski definition) is 2. The van der Waals surface area contributed by atoms with E-state index >= 15 is 0 Å². The van der Waals surface area contributed by atoms with Gasteiger partial charge in [0.15, 0.2) is 5.82 Å². The van der Waals surface area contributed by atoms with Gasteiger partial charge in [0.25, 0.3) is 0 Å². The molecule has 1 saturated heterocycles. The maximum Gasteiger partial charge on any atom is 0.326 e. The van der Waals surface area contributed by atoms with Gasteiger partial charge in [0, 0.05) is 12.2 Å². The van der Waals surface area contributed by atoms with Crippen LogP contribution in [-0.4, -0.2) is 34.6 Å². The number of benzene rings is 1. The summed E-state index contributed by atoms with van der Waals surface area (Å²) in [4.78, 5) is 24.6. The Balaban J connectivity index is 2.15. The maximum absolute atomic E-state index is 13.3. The molecule has 2 N–H and O–H groups in total. The quantitative estimate of drug-likeness (QED) is 0.812. The Morgan fingerprint density at radius 2 is 1.90 bits per heavy atom. The summed E-state index contributed by atoms with van der Waals surface area (Å²) in [6.07, 6.45) is 1.91. The van der Waals surface area contributed by atoms with Gasteiger partial charge in [-0.15, -0.1) is 0 Å². The molecule has 5 nitrogen and oxygen atoms in total. The van der Waals surface area contributed by atoms with Crippen LogP contribution in [0.2, 0.25) is 10.0 Å². The van der Waals surface area contributed by atoms with E-state index in [2.05, 4.69) is 5.32 Å². The Hall–Kier alpha value is -1.53. The first-order chi connectivity index (χ1) is 9.90. The first-order valence-electron chi connectivity index (χ1n) is 6.35. The van der Waals surface area contributed by atoms with Crippen LogP contribution in [0.5, 0.6) is 0 Å². The molecular weight excluding hydrogens is 322 g/mol. The molecule has 1 aliphatic rings. The number of carbonyl (C=O) groups excluding carboxylic acids is 1. The van der Waals surface area contributed by atoms with Crippen molar-refractivity contribution in [1.82, 2.24) is 4.90 Å². The molecule has 0 aliphatic carbocycles. The van der Waals surface area contributed by atoms with Crippen LogP contribution in [0.3, 0.4) is 0 Å². The minimum absolute atomic E-state index is 0.214. The molecule has 1 unspecified atom stereocenters. The minimum Gasteiger partial charge on any atom is -0.480 e. The van der Waals surface area contributed by atoms with Crippen molar-refractivity contribution in [2.75, 3.05) is 11.9 Å². The number of hydrogen-bond acceptors (Lipinski definition) is 2. The summed E-state index contributed by atoms with van der Waals surface area (Å²) in [5, 5.41) is 11.2. The molecule has 21 heavy (non-hydrogen) atoms. The summed E-state index contributed by atoms with van der Waals surface area (Å²) in [7, 11) is 0. The Morgan fingerprint density at radius 1 is 1.29 bits per heavy atom. The number of anilines is 1. The number of urea groups is 1. The lowest BCUT2D eigenvalue weighted by Crippen LogP contribution is -2.49. The standard InChI is InChI=1S/C13H13Cl2FN2O3/c14-8-5-7(6-9(15)11(8)16)17-13(21)18-4-2-1-3-10(18)12(19)20/h5-6,10H,1-4H2,(H,17,21)(H,19,20). The summed E-state index contributed by atoms with van der Waals surface area (Å²) in [6.45, 7) is 0.353. The molecule has 1 fully saturated rings. The molecule has 0 saturated carbocycles. The van der Waals surface area contributed by atoms with E-state index in [4.69, 9.17) is 28.3 Å². The summed E-state index contributed by atoms with van der Waals surface area (Å²) < 4.78 is 13.3. The monoisotopic (exact) mass is 334 g/mol. The molecule has 0 bridgehead atoms. The lowest BCUT2D eigenvalue weighted by molar-refractivity contribution is -0.143. The molecule has 0 radical (unpaired) electrons. The molecule has 1 atom stereocenters. The number of nitrogens with zero attached hydrogens (tertiary/aromatic N) is 1. The highest BCUT2D eigenvalue weighted by atomic mass is 35.5. The van der Waals surface area contributed by atoms with E-state index in [1.807, 2.05) is 0 Å². The molecule has 0 spiro atoms. The predicted octanol–water partition coefficient (Wildman–Crippen LogP) is 3.60. The fraction of sp³-hybridized carbons (Fsp3) is 0.385. The predicted molar refractivity (Wildman–Crippen MR) is 77.4 cm³/mol. The molecule has 1 aliphatic heterocycles. The second kappa shape index (κ2) is 6.49. The van der Waals surface area contributed by atoms with Crippen molar-refractivity contribution >= 4 is 40.9 Å². The van der Waals surface area contributed by atoms with Crippen LogP contribution in [-0.2, 0) is 4.79 Å².